The third-order valence-electron chi connectivity index (χ3n) is 6.15. The van der Waals surface area contributed by atoms with E-state index in [0.29, 0.717) is 19.5 Å². The predicted octanol–water partition coefficient (Wildman–Crippen LogP) is 7.19. The van der Waals surface area contributed by atoms with E-state index < -0.39 is 5.97 Å². The Morgan fingerprint density at radius 2 is 0.848 bits per heavy atom. The van der Waals surface area contributed by atoms with Crippen LogP contribution in [0.4, 0.5) is 0 Å². The Labute approximate surface area is 206 Å². The first kappa shape index (κ1) is 34.5. The number of hydrogen-bond donors (Lipinski definition) is 3. The predicted molar refractivity (Wildman–Crippen MR) is 142 cm³/mol. The van der Waals surface area contributed by atoms with Gasteiger partial charge in [-0.3, -0.25) is 9.69 Å². The monoisotopic (exact) mass is 473 g/mol. The Morgan fingerprint density at radius 3 is 1.18 bits per heavy atom. The van der Waals surface area contributed by atoms with E-state index in [-0.39, 0.29) is 13.2 Å². The molecule has 0 bridgehead atoms. The molecule has 0 unspecified atom stereocenters. The van der Waals surface area contributed by atoms with Crippen LogP contribution in [-0.4, -0.2) is 59.0 Å². The van der Waals surface area contributed by atoms with Gasteiger partial charge in [0, 0.05) is 19.5 Å². The number of aliphatic carboxylic acids is 1. The summed E-state index contributed by atoms with van der Waals surface area (Å²) >= 11 is 0. The van der Waals surface area contributed by atoms with Crippen molar-refractivity contribution in [3.63, 3.8) is 0 Å². The van der Waals surface area contributed by atoms with Crippen LogP contribution in [0.3, 0.4) is 0 Å². The lowest BCUT2D eigenvalue weighted by atomic mass is 10.1. The Bertz CT molecular complexity index is 360. The van der Waals surface area contributed by atoms with Crippen molar-refractivity contribution in [2.75, 3.05) is 32.8 Å². The van der Waals surface area contributed by atoms with Gasteiger partial charge in [0.2, 0.25) is 0 Å². The SMILES string of the molecule is CCCCCCCCCCCC(=O)O.CCCCCCCCCCCCN(CCO)CCO. The van der Waals surface area contributed by atoms with Crippen LogP contribution in [0, 0.1) is 0 Å². The van der Waals surface area contributed by atoms with E-state index in [9.17, 15) is 4.79 Å². The molecular weight excluding hydrogens is 414 g/mol. The number of unbranched alkanes of at least 4 members (excludes halogenated alkanes) is 17. The summed E-state index contributed by atoms with van der Waals surface area (Å²) in [5.74, 6) is -0.659. The highest BCUT2D eigenvalue weighted by Crippen LogP contribution is 2.11. The molecule has 0 amide bonds. The summed E-state index contributed by atoms with van der Waals surface area (Å²) in [6.45, 7) is 7.27. The molecule has 5 heteroatoms. The average molecular weight is 474 g/mol. The Kier molecular flexibility index (Phi) is 32.8. The number of rotatable bonds is 25. The quantitative estimate of drug-likeness (QED) is 0.122. The molecule has 0 aromatic heterocycles. The van der Waals surface area contributed by atoms with Gasteiger partial charge in [0.05, 0.1) is 13.2 Å². The summed E-state index contributed by atoms with van der Waals surface area (Å²) in [6, 6.07) is 0. The second-order valence-electron chi connectivity index (χ2n) is 9.44. The first-order chi connectivity index (χ1) is 16.1. The Hall–Kier alpha value is -0.650. The molecular formula is C28H59NO4. The number of aliphatic hydroxyl groups excluding tert-OH is 2. The van der Waals surface area contributed by atoms with Gasteiger partial charge < -0.3 is 15.3 Å². The van der Waals surface area contributed by atoms with Gasteiger partial charge >= 0.3 is 5.97 Å². The van der Waals surface area contributed by atoms with Crippen LogP contribution in [0.5, 0.6) is 0 Å². The molecule has 0 atom stereocenters. The van der Waals surface area contributed by atoms with Crippen molar-refractivity contribution in [2.24, 2.45) is 0 Å². The minimum Gasteiger partial charge on any atom is -0.481 e. The molecule has 200 valence electrons. The molecule has 0 aliphatic rings. The fourth-order valence-corrected chi connectivity index (χ4v) is 4.03. The second-order valence-corrected chi connectivity index (χ2v) is 9.44. The first-order valence-electron chi connectivity index (χ1n) is 14.3. The highest BCUT2D eigenvalue weighted by Gasteiger charge is 2.02. The van der Waals surface area contributed by atoms with Crippen molar-refractivity contribution >= 4 is 5.97 Å². The molecule has 0 fully saturated rings. The number of nitrogens with zero attached hydrogens (tertiary/aromatic N) is 1. The molecule has 0 saturated carbocycles. The standard InChI is InChI=1S/C16H35NO2.C12H24O2/c1-2-3-4-5-6-7-8-9-10-11-12-17(13-15-18)14-16-19;1-2-3-4-5-6-7-8-9-10-11-12(13)14/h18-19H,2-16H2,1H3;2-11H2,1H3,(H,13,14). The molecule has 0 heterocycles. The Balaban J connectivity index is 0. The van der Waals surface area contributed by atoms with Crippen LogP contribution >= 0.6 is 0 Å². The summed E-state index contributed by atoms with van der Waals surface area (Å²) in [7, 11) is 0. The van der Waals surface area contributed by atoms with Crippen LogP contribution in [0.2, 0.25) is 0 Å². The van der Waals surface area contributed by atoms with E-state index in [0.717, 1.165) is 19.4 Å². The summed E-state index contributed by atoms with van der Waals surface area (Å²) in [5, 5.41) is 26.2. The van der Waals surface area contributed by atoms with Crippen molar-refractivity contribution in [3.05, 3.63) is 0 Å². The van der Waals surface area contributed by atoms with Gasteiger partial charge in [-0.2, -0.15) is 0 Å². The van der Waals surface area contributed by atoms with E-state index >= 15 is 0 Å². The van der Waals surface area contributed by atoms with Gasteiger partial charge in [-0.25, -0.2) is 0 Å². The number of aliphatic hydroxyl groups is 2. The highest BCUT2D eigenvalue weighted by molar-refractivity contribution is 5.66. The minimum absolute atomic E-state index is 0.192. The van der Waals surface area contributed by atoms with Gasteiger partial charge in [0.1, 0.15) is 0 Å². The number of carboxylic acid groups (broad SMARTS) is 1. The zero-order valence-corrected chi connectivity index (χ0v) is 22.4. The van der Waals surface area contributed by atoms with Crippen LogP contribution < -0.4 is 0 Å². The normalized spacial score (nSPS) is 10.9. The number of hydrogen-bond acceptors (Lipinski definition) is 4. The van der Waals surface area contributed by atoms with Gasteiger partial charge in [-0.05, 0) is 19.4 Å². The molecule has 0 rings (SSSR count). The van der Waals surface area contributed by atoms with E-state index in [4.69, 9.17) is 15.3 Å². The van der Waals surface area contributed by atoms with Crippen molar-refractivity contribution in [1.82, 2.24) is 4.90 Å². The molecule has 33 heavy (non-hydrogen) atoms. The van der Waals surface area contributed by atoms with E-state index in [1.54, 1.807) is 0 Å². The fraction of sp³-hybridized carbons (Fsp3) is 0.964. The lowest BCUT2D eigenvalue weighted by Crippen LogP contribution is -2.30. The maximum absolute atomic E-state index is 10.2. The molecule has 0 aliphatic heterocycles. The smallest absolute Gasteiger partial charge is 0.303 e. The molecule has 3 N–H and O–H groups in total. The summed E-state index contributed by atoms with van der Waals surface area (Å²) in [4.78, 5) is 12.4. The number of carbonyl (C=O) groups is 1. The lowest BCUT2D eigenvalue weighted by molar-refractivity contribution is -0.137. The van der Waals surface area contributed by atoms with Gasteiger partial charge in [0.15, 0.2) is 0 Å². The van der Waals surface area contributed by atoms with Gasteiger partial charge in [-0.1, -0.05) is 123 Å². The summed E-state index contributed by atoms with van der Waals surface area (Å²) in [6.07, 6.45) is 25.0. The topological polar surface area (TPSA) is 81.0 Å². The molecule has 0 saturated heterocycles. The zero-order valence-electron chi connectivity index (χ0n) is 22.4. The molecule has 0 spiro atoms. The third kappa shape index (κ3) is 33.6. The van der Waals surface area contributed by atoms with Gasteiger partial charge in [-0.15, -0.1) is 0 Å². The summed E-state index contributed by atoms with van der Waals surface area (Å²) < 4.78 is 0. The van der Waals surface area contributed by atoms with E-state index in [1.165, 1.54) is 109 Å². The minimum atomic E-state index is -0.659. The van der Waals surface area contributed by atoms with Crippen LogP contribution in [0.1, 0.15) is 142 Å². The largest absolute Gasteiger partial charge is 0.481 e. The van der Waals surface area contributed by atoms with Crippen LogP contribution in [-0.2, 0) is 4.79 Å². The molecule has 5 nitrogen and oxygen atoms in total. The first-order valence-corrected chi connectivity index (χ1v) is 14.3. The highest BCUT2D eigenvalue weighted by atomic mass is 16.4. The molecule has 0 radical (unpaired) electrons. The third-order valence-corrected chi connectivity index (χ3v) is 6.15. The summed E-state index contributed by atoms with van der Waals surface area (Å²) in [5.41, 5.74) is 0. The average Bonchev–Trinajstić information content (AvgIpc) is 2.79. The van der Waals surface area contributed by atoms with Crippen LogP contribution in [0.15, 0.2) is 0 Å². The fourth-order valence-electron chi connectivity index (χ4n) is 4.03. The molecule has 0 aromatic carbocycles. The van der Waals surface area contributed by atoms with Crippen molar-refractivity contribution < 1.29 is 20.1 Å². The van der Waals surface area contributed by atoms with E-state index in [1.807, 2.05) is 0 Å². The molecule has 0 aromatic rings. The number of carboxylic acids is 1. The second kappa shape index (κ2) is 31.4. The maximum atomic E-state index is 10.2. The van der Waals surface area contributed by atoms with Gasteiger partial charge in [0.25, 0.3) is 0 Å². The van der Waals surface area contributed by atoms with Crippen LogP contribution in [0.25, 0.3) is 0 Å². The lowest BCUT2D eigenvalue weighted by Gasteiger charge is -2.19. The van der Waals surface area contributed by atoms with Crippen molar-refractivity contribution in [3.8, 4) is 0 Å². The Morgan fingerprint density at radius 1 is 0.515 bits per heavy atom. The molecule has 0 aliphatic carbocycles. The van der Waals surface area contributed by atoms with E-state index in [2.05, 4.69) is 18.7 Å². The van der Waals surface area contributed by atoms with Crippen molar-refractivity contribution in [1.29, 1.82) is 0 Å². The zero-order chi connectivity index (χ0) is 24.8. The maximum Gasteiger partial charge on any atom is 0.303 e. The van der Waals surface area contributed by atoms with Crippen molar-refractivity contribution in [2.45, 2.75) is 142 Å².